The van der Waals surface area contributed by atoms with Crippen molar-refractivity contribution in [1.82, 2.24) is 4.98 Å². The minimum atomic E-state index is -3.91. The minimum Gasteiger partial charge on any atom is -0.309 e. The van der Waals surface area contributed by atoms with Gasteiger partial charge in [-0.1, -0.05) is 18.2 Å². The number of sulfonamides is 1. The van der Waals surface area contributed by atoms with Crippen LogP contribution >= 0.6 is 15.9 Å². The van der Waals surface area contributed by atoms with Crippen molar-refractivity contribution in [2.45, 2.75) is 37.1 Å². The average molecular weight is 512 g/mol. The molecule has 5 rings (SSSR count). The number of fused-ring (bicyclic) bond motifs is 2. The van der Waals surface area contributed by atoms with E-state index in [1.54, 1.807) is 17.2 Å². The summed E-state index contributed by atoms with van der Waals surface area (Å²) >= 11 is 3.31. The first-order chi connectivity index (χ1) is 15.2. The zero-order valence-corrected chi connectivity index (χ0v) is 19.9. The van der Waals surface area contributed by atoms with E-state index in [4.69, 9.17) is 5.14 Å². The van der Waals surface area contributed by atoms with Gasteiger partial charge in [0.25, 0.3) is 0 Å². The summed E-state index contributed by atoms with van der Waals surface area (Å²) in [6.45, 7) is 1.99. The summed E-state index contributed by atoms with van der Waals surface area (Å²) in [5.74, 6) is -0.159. The van der Waals surface area contributed by atoms with Gasteiger partial charge >= 0.3 is 0 Å². The van der Waals surface area contributed by atoms with Crippen molar-refractivity contribution >= 4 is 37.5 Å². The molecule has 2 aliphatic rings. The smallest absolute Gasteiger partial charge is 0.239 e. The van der Waals surface area contributed by atoms with E-state index in [1.807, 2.05) is 25.1 Å². The quantitative estimate of drug-likeness (QED) is 0.577. The summed E-state index contributed by atoms with van der Waals surface area (Å²) in [4.78, 5) is 19.8. The normalized spacial score (nSPS) is 19.7. The maximum absolute atomic E-state index is 13.6. The molecule has 2 aromatic carbocycles. The number of rotatable bonds is 3. The Morgan fingerprint density at radius 3 is 2.56 bits per heavy atom. The van der Waals surface area contributed by atoms with Crippen LogP contribution in [-0.4, -0.2) is 25.4 Å². The molecule has 6 nitrogen and oxygen atoms in total. The van der Waals surface area contributed by atoms with Crippen LogP contribution in [0.5, 0.6) is 0 Å². The Labute approximate surface area is 195 Å². The maximum atomic E-state index is 13.6. The first kappa shape index (κ1) is 21.3. The summed E-state index contributed by atoms with van der Waals surface area (Å²) in [7, 11) is -3.91. The van der Waals surface area contributed by atoms with Gasteiger partial charge in [0, 0.05) is 33.9 Å². The second-order valence-corrected chi connectivity index (χ2v) is 10.9. The Morgan fingerprint density at radius 2 is 1.84 bits per heavy atom. The number of aromatic nitrogens is 1. The van der Waals surface area contributed by atoms with Crippen LogP contribution in [0.1, 0.15) is 23.6 Å². The van der Waals surface area contributed by atoms with Crippen LogP contribution < -0.4 is 10.0 Å². The molecule has 2 heterocycles. The molecular weight excluding hydrogens is 490 g/mol. The van der Waals surface area contributed by atoms with Crippen LogP contribution in [0.25, 0.3) is 11.3 Å². The molecule has 1 aliphatic heterocycles. The lowest BCUT2D eigenvalue weighted by Gasteiger charge is -2.26. The molecule has 1 amide bonds. The highest BCUT2D eigenvalue weighted by molar-refractivity contribution is 9.10. The van der Waals surface area contributed by atoms with Gasteiger partial charge < -0.3 is 4.90 Å². The average Bonchev–Trinajstić information content (AvgIpc) is 3.32. The van der Waals surface area contributed by atoms with Gasteiger partial charge in [-0.2, -0.15) is 0 Å². The van der Waals surface area contributed by atoms with Gasteiger partial charge in [0.2, 0.25) is 15.9 Å². The van der Waals surface area contributed by atoms with E-state index in [2.05, 4.69) is 39.1 Å². The van der Waals surface area contributed by atoms with E-state index in [-0.39, 0.29) is 22.8 Å². The van der Waals surface area contributed by atoms with Gasteiger partial charge in [-0.25, -0.2) is 13.6 Å². The number of benzene rings is 2. The van der Waals surface area contributed by atoms with Crippen molar-refractivity contribution in [2.24, 2.45) is 11.1 Å². The molecule has 1 aromatic heterocycles. The predicted octanol–water partition coefficient (Wildman–Crippen LogP) is 3.85. The van der Waals surface area contributed by atoms with Crippen molar-refractivity contribution in [1.29, 1.82) is 0 Å². The number of halogens is 1. The lowest BCUT2D eigenvalue weighted by atomic mass is 10.0. The summed E-state index contributed by atoms with van der Waals surface area (Å²) < 4.78 is 24.4. The van der Waals surface area contributed by atoms with Crippen molar-refractivity contribution in [3.8, 4) is 11.3 Å². The molecule has 0 bridgehead atoms. The highest BCUT2D eigenvalue weighted by Gasteiger charge is 2.38. The summed E-state index contributed by atoms with van der Waals surface area (Å²) in [6, 6.07) is 15.3. The number of nitrogens with zero attached hydrogens (tertiary/aromatic N) is 2. The molecular formula is C24H22BrN3O3S. The summed E-state index contributed by atoms with van der Waals surface area (Å²) in [5.41, 5.74) is 5.88. The molecule has 8 heteroatoms. The lowest BCUT2D eigenvalue weighted by molar-refractivity contribution is -0.122. The number of carbonyl (C=O) groups is 1. The van der Waals surface area contributed by atoms with Gasteiger partial charge in [0.05, 0.1) is 10.6 Å². The van der Waals surface area contributed by atoms with Crippen molar-refractivity contribution in [3.63, 3.8) is 0 Å². The molecule has 0 fully saturated rings. The zero-order chi connectivity index (χ0) is 22.6. The number of nitrogens with two attached hydrogens (primary N) is 1. The summed E-state index contributed by atoms with van der Waals surface area (Å²) in [6.07, 6.45) is 3.78. The highest BCUT2D eigenvalue weighted by Crippen LogP contribution is 2.40. The van der Waals surface area contributed by atoms with Gasteiger partial charge in [-0.05, 0) is 89.1 Å². The number of pyridine rings is 1. The van der Waals surface area contributed by atoms with Gasteiger partial charge in [0.15, 0.2) is 0 Å². The standard InChI is InChI=1S/C24H22BrN3O3S/c1-14-8-18-12-20(25)23(32(26,30)31)13-22(18)28(14)24(29)19-9-15-5-6-16(10-17(15)11-19)21-4-2-3-7-27-21/h2-7,10,12-14,19H,8-9,11H2,1H3,(H2,26,30,31). The molecule has 0 saturated heterocycles. The highest BCUT2D eigenvalue weighted by atomic mass is 79.9. The third-order valence-electron chi connectivity index (χ3n) is 6.34. The van der Waals surface area contributed by atoms with Crippen LogP contribution in [0.4, 0.5) is 5.69 Å². The third kappa shape index (κ3) is 3.66. The number of amides is 1. The maximum Gasteiger partial charge on any atom is 0.239 e. The molecule has 2 N–H and O–H groups in total. The third-order valence-corrected chi connectivity index (χ3v) is 8.21. The van der Waals surface area contributed by atoms with Gasteiger partial charge in [-0.15, -0.1) is 0 Å². The SMILES string of the molecule is CC1Cc2cc(Br)c(S(N)(=O)=O)cc2N1C(=O)C1Cc2ccc(-c3ccccn3)cc2C1. The van der Waals surface area contributed by atoms with Gasteiger partial charge in [-0.3, -0.25) is 9.78 Å². The van der Waals surface area contributed by atoms with Crippen LogP contribution in [0, 0.1) is 5.92 Å². The number of hydrogen-bond acceptors (Lipinski definition) is 4. The zero-order valence-electron chi connectivity index (χ0n) is 17.5. The van der Waals surface area contributed by atoms with Gasteiger partial charge in [0.1, 0.15) is 0 Å². The molecule has 0 saturated carbocycles. The fourth-order valence-corrected chi connectivity index (χ4v) is 6.53. The molecule has 0 radical (unpaired) electrons. The van der Waals surface area contributed by atoms with E-state index in [1.165, 1.54) is 17.2 Å². The number of hydrogen-bond donors (Lipinski definition) is 1. The molecule has 2 atom stereocenters. The van der Waals surface area contributed by atoms with Crippen LogP contribution in [0.2, 0.25) is 0 Å². The Morgan fingerprint density at radius 1 is 1.06 bits per heavy atom. The topological polar surface area (TPSA) is 93.4 Å². The van der Waals surface area contributed by atoms with E-state index < -0.39 is 10.0 Å². The molecule has 0 spiro atoms. The van der Waals surface area contributed by atoms with Crippen LogP contribution in [-0.2, 0) is 34.1 Å². The molecule has 2 unspecified atom stereocenters. The fourth-order valence-electron chi connectivity index (χ4n) is 4.85. The van der Waals surface area contributed by atoms with E-state index >= 15 is 0 Å². The molecule has 3 aromatic rings. The Hall–Kier alpha value is -2.55. The lowest BCUT2D eigenvalue weighted by Crippen LogP contribution is -2.40. The molecule has 1 aliphatic carbocycles. The van der Waals surface area contributed by atoms with E-state index in [0.717, 1.165) is 16.8 Å². The molecule has 32 heavy (non-hydrogen) atoms. The van der Waals surface area contributed by atoms with Crippen LogP contribution in [0.3, 0.4) is 0 Å². The Bertz CT molecular complexity index is 1340. The first-order valence-corrected chi connectivity index (χ1v) is 12.8. The monoisotopic (exact) mass is 511 g/mol. The fraction of sp³-hybridized carbons (Fsp3) is 0.250. The number of primary sulfonamides is 1. The second kappa shape index (κ2) is 7.79. The second-order valence-electron chi connectivity index (χ2n) is 8.52. The van der Waals surface area contributed by atoms with Crippen LogP contribution in [0.15, 0.2) is 64.1 Å². The van der Waals surface area contributed by atoms with Crippen molar-refractivity contribution in [2.75, 3.05) is 4.90 Å². The van der Waals surface area contributed by atoms with E-state index in [9.17, 15) is 13.2 Å². The Kier molecular flexibility index (Phi) is 5.19. The molecule has 164 valence electrons. The largest absolute Gasteiger partial charge is 0.309 e. The van der Waals surface area contributed by atoms with E-state index in [0.29, 0.717) is 29.4 Å². The van der Waals surface area contributed by atoms with Crippen molar-refractivity contribution in [3.05, 3.63) is 75.9 Å². The minimum absolute atomic E-state index is 0.00198. The summed E-state index contributed by atoms with van der Waals surface area (Å²) in [5, 5.41) is 5.38. The Balaban J connectivity index is 1.44. The first-order valence-electron chi connectivity index (χ1n) is 10.4. The number of anilines is 1. The predicted molar refractivity (Wildman–Crippen MR) is 127 cm³/mol. The number of carbonyl (C=O) groups excluding carboxylic acids is 1. The van der Waals surface area contributed by atoms with Crippen molar-refractivity contribution < 1.29 is 13.2 Å².